The van der Waals surface area contributed by atoms with E-state index in [1.54, 1.807) is 13.1 Å². The maximum absolute atomic E-state index is 12.7. The van der Waals surface area contributed by atoms with E-state index < -0.39 is 11.9 Å². The highest BCUT2D eigenvalue weighted by atomic mass is 16.5. The summed E-state index contributed by atoms with van der Waals surface area (Å²) in [7, 11) is 1.67. The van der Waals surface area contributed by atoms with Crippen LogP contribution >= 0.6 is 0 Å². The molecule has 0 saturated carbocycles. The monoisotopic (exact) mass is 355 g/mol. The van der Waals surface area contributed by atoms with Crippen molar-refractivity contribution in [3.63, 3.8) is 0 Å². The highest BCUT2D eigenvalue weighted by molar-refractivity contribution is 6.03. The van der Waals surface area contributed by atoms with Gasteiger partial charge in [0.25, 0.3) is 11.8 Å². The van der Waals surface area contributed by atoms with Gasteiger partial charge in [-0.1, -0.05) is 24.2 Å². The highest BCUT2D eigenvalue weighted by Gasteiger charge is 2.33. The Morgan fingerprint density at radius 3 is 3.00 bits per heavy atom. The lowest BCUT2D eigenvalue weighted by molar-refractivity contribution is -0.120. The first-order valence-electron chi connectivity index (χ1n) is 8.82. The number of anilines is 1. The average Bonchev–Trinajstić information content (AvgIpc) is 3.02. The predicted octanol–water partition coefficient (Wildman–Crippen LogP) is 1.95. The van der Waals surface area contributed by atoms with Crippen molar-refractivity contribution < 1.29 is 18.8 Å². The van der Waals surface area contributed by atoms with Gasteiger partial charge >= 0.3 is 0 Å². The second-order valence-electron chi connectivity index (χ2n) is 6.99. The van der Waals surface area contributed by atoms with Gasteiger partial charge in [-0.05, 0) is 37.3 Å². The second-order valence-corrected chi connectivity index (χ2v) is 6.99. The Morgan fingerprint density at radius 2 is 2.15 bits per heavy atom. The summed E-state index contributed by atoms with van der Waals surface area (Å²) in [5.41, 5.74) is 2.39. The summed E-state index contributed by atoms with van der Waals surface area (Å²) in [6.45, 7) is 2.21. The summed E-state index contributed by atoms with van der Waals surface area (Å²) in [6, 6.07) is 6.51. The van der Waals surface area contributed by atoms with Crippen molar-refractivity contribution in [3.05, 3.63) is 41.3 Å². The van der Waals surface area contributed by atoms with Crippen LogP contribution in [-0.2, 0) is 17.6 Å². The van der Waals surface area contributed by atoms with Crippen LogP contribution in [0.5, 0.6) is 5.75 Å². The van der Waals surface area contributed by atoms with E-state index in [0.29, 0.717) is 17.4 Å². The molecule has 136 valence electrons. The Balaban J connectivity index is 1.54. The van der Waals surface area contributed by atoms with Gasteiger partial charge < -0.3 is 19.5 Å². The van der Waals surface area contributed by atoms with E-state index in [-0.39, 0.29) is 18.3 Å². The van der Waals surface area contributed by atoms with Crippen molar-refractivity contribution in [2.75, 3.05) is 18.6 Å². The number of nitrogens with zero attached hydrogens (tertiary/aromatic N) is 2. The molecule has 7 heteroatoms. The van der Waals surface area contributed by atoms with Crippen LogP contribution in [0.25, 0.3) is 0 Å². The van der Waals surface area contributed by atoms with Gasteiger partial charge in [-0.25, -0.2) is 0 Å². The minimum atomic E-state index is -0.790. The molecule has 4 rings (SSSR count). The van der Waals surface area contributed by atoms with Crippen molar-refractivity contribution in [1.29, 1.82) is 0 Å². The van der Waals surface area contributed by atoms with Crippen LogP contribution in [0.3, 0.4) is 0 Å². The van der Waals surface area contributed by atoms with Crippen molar-refractivity contribution in [2.45, 2.75) is 32.2 Å². The number of aryl methyl sites for hydroxylation is 1. The molecule has 2 aromatic rings. The number of carbonyl (C=O) groups excluding carboxylic acids is 2. The van der Waals surface area contributed by atoms with E-state index >= 15 is 0 Å². The number of fused-ring (bicyclic) bond motifs is 2. The molecule has 7 nitrogen and oxygen atoms in total. The fraction of sp³-hybridized carbons (Fsp3) is 0.421. The van der Waals surface area contributed by atoms with Gasteiger partial charge in [0, 0.05) is 12.6 Å². The van der Waals surface area contributed by atoms with Gasteiger partial charge in [-0.2, -0.15) is 0 Å². The second kappa shape index (κ2) is 6.48. The van der Waals surface area contributed by atoms with Crippen LogP contribution in [0.4, 0.5) is 5.69 Å². The van der Waals surface area contributed by atoms with Crippen LogP contribution in [0, 0.1) is 5.92 Å². The van der Waals surface area contributed by atoms with Crippen LogP contribution in [-0.4, -0.2) is 36.7 Å². The van der Waals surface area contributed by atoms with E-state index in [4.69, 9.17) is 9.26 Å². The fourth-order valence-corrected chi connectivity index (χ4v) is 3.54. The SMILES string of the molecule is C[C@H]1CCc2noc(C(=O)N[C@H]3COc4ccccc4N(C)C3=O)c2C1. The lowest BCUT2D eigenvalue weighted by Crippen LogP contribution is -2.49. The van der Waals surface area contributed by atoms with Gasteiger partial charge in [0.15, 0.2) is 0 Å². The average molecular weight is 355 g/mol. The third-order valence-electron chi connectivity index (χ3n) is 5.07. The third kappa shape index (κ3) is 2.83. The number of hydrogen-bond acceptors (Lipinski definition) is 5. The first-order chi connectivity index (χ1) is 12.5. The molecule has 0 radical (unpaired) electrons. The lowest BCUT2D eigenvalue weighted by atomic mass is 9.88. The van der Waals surface area contributed by atoms with E-state index in [2.05, 4.69) is 17.4 Å². The Hall–Kier alpha value is -2.83. The number of amides is 2. The largest absolute Gasteiger partial charge is 0.489 e. The minimum absolute atomic E-state index is 0.0681. The zero-order chi connectivity index (χ0) is 18.3. The fourth-order valence-electron chi connectivity index (χ4n) is 3.54. The number of hydrogen-bond donors (Lipinski definition) is 1. The van der Waals surface area contributed by atoms with Crippen molar-refractivity contribution in [3.8, 4) is 5.75 Å². The molecule has 1 N–H and O–H groups in total. The minimum Gasteiger partial charge on any atom is -0.489 e. The quantitative estimate of drug-likeness (QED) is 0.890. The maximum Gasteiger partial charge on any atom is 0.290 e. The van der Waals surface area contributed by atoms with E-state index in [1.165, 1.54) is 4.90 Å². The molecule has 2 amide bonds. The number of nitrogens with one attached hydrogen (secondary N) is 1. The third-order valence-corrected chi connectivity index (χ3v) is 5.07. The molecule has 1 aliphatic carbocycles. The molecular weight excluding hydrogens is 334 g/mol. The maximum atomic E-state index is 12.7. The van der Waals surface area contributed by atoms with Crippen LogP contribution in [0.2, 0.25) is 0 Å². The Kier molecular flexibility index (Phi) is 4.14. The summed E-state index contributed by atoms with van der Waals surface area (Å²) in [4.78, 5) is 27.0. The molecular formula is C19H21N3O4. The summed E-state index contributed by atoms with van der Waals surface area (Å²) in [6.07, 6.45) is 2.62. The molecule has 0 fully saturated rings. The van der Waals surface area contributed by atoms with Crippen LogP contribution < -0.4 is 15.0 Å². The van der Waals surface area contributed by atoms with Gasteiger partial charge in [0.05, 0.1) is 11.4 Å². The number of benzene rings is 1. The van der Waals surface area contributed by atoms with E-state index in [9.17, 15) is 9.59 Å². The molecule has 26 heavy (non-hydrogen) atoms. The molecule has 0 spiro atoms. The Bertz CT molecular complexity index is 860. The number of carbonyl (C=O) groups is 2. The number of rotatable bonds is 2. The normalized spacial score (nSPS) is 22.1. The standard InChI is InChI=1S/C19H21N3O4/c1-11-7-8-13-12(9-11)17(26-21-13)18(23)20-14-10-25-16-6-4-3-5-15(16)22(2)19(14)24/h3-6,11,14H,7-10H2,1-2H3,(H,20,23)/t11-,14-/m0/s1. The van der Waals surface area contributed by atoms with Gasteiger partial charge in [-0.15, -0.1) is 0 Å². The van der Waals surface area contributed by atoms with Gasteiger partial charge in [0.2, 0.25) is 5.76 Å². The number of ether oxygens (including phenoxy) is 1. The molecule has 0 saturated heterocycles. The summed E-state index contributed by atoms with van der Waals surface area (Å²) < 4.78 is 11.0. The number of aromatic nitrogens is 1. The zero-order valence-electron chi connectivity index (χ0n) is 14.8. The van der Waals surface area contributed by atoms with E-state index in [0.717, 1.165) is 30.5 Å². The topological polar surface area (TPSA) is 84.7 Å². The summed E-state index contributed by atoms with van der Waals surface area (Å²) >= 11 is 0. The van der Waals surface area contributed by atoms with Crippen molar-refractivity contribution in [1.82, 2.24) is 10.5 Å². The Labute approximate surface area is 151 Å². The lowest BCUT2D eigenvalue weighted by Gasteiger charge is -2.20. The molecule has 1 aromatic carbocycles. The molecule has 0 unspecified atom stereocenters. The zero-order valence-corrected chi connectivity index (χ0v) is 14.8. The summed E-state index contributed by atoms with van der Waals surface area (Å²) in [5.74, 6) is 0.658. The Morgan fingerprint density at radius 1 is 1.35 bits per heavy atom. The first-order valence-corrected chi connectivity index (χ1v) is 8.82. The molecule has 0 bridgehead atoms. The number of likely N-dealkylation sites (N-methyl/N-ethyl adjacent to an activating group) is 1. The molecule has 1 aromatic heterocycles. The first kappa shape index (κ1) is 16.6. The van der Waals surface area contributed by atoms with Crippen LogP contribution in [0.1, 0.15) is 35.2 Å². The molecule has 2 aliphatic rings. The van der Waals surface area contributed by atoms with Gasteiger partial charge in [-0.3, -0.25) is 9.59 Å². The van der Waals surface area contributed by atoms with E-state index in [1.807, 2.05) is 18.2 Å². The molecule has 2 atom stereocenters. The highest BCUT2D eigenvalue weighted by Crippen LogP contribution is 2.30. The van der Waals surface area contributed by atoms with Gasteiger partial charge in [0.1, 0.15) is 18.4 Å². The number of para-hydroxylation sites is 2. The van der Waals surface area contributed by atoms with Crippen molar-refractivity contribution >= 4 is 17.5 Å². The van der Waals surface area contributed by atoms with Crippen LogP contribution in [0.15, 0.2) is 28.8 Å². The molecule has 2 heterocycles. The smallest absolute Gasteiger partial charge is 0.290 e. The summed E-state index contributed by atoms with van der Waals surface area (Å²) in [5, 5.41) is 6.78. The molecule has 1 aliphatic heterocycles. The predicted molar refractivity (Wildman–Crippen MR) is 94.3 cm³/mol. The van der Waals surface area contributed by atoms with Crippen molar-refractivity contribution in [2.24, 2.45) is 5.92 Å².